The fourth-order valence-electron chi connectivity index (χ4n) is 0.926. The molecule has 1 aromatic carbocycles. The predicted octanol–water partition coefficient (Wildman–Crippen LogP) is 1.08. The third-order valence-electron chi connectivity index (χ3n) is 1.71. The summed E-state index contributed by atoms with van der Waals surface area (Å²) < 4.78 is 4.46. The first kappa shape index (κ1) is 10.2. The van der Waals surface area contributed by atoms with Crippen LogP contribution in [0.1, 0.15) is 10.4 Å². The van der Waals surface area contributed by atoms with Gasteiger partial charge in [-0.25, -0.2) is 0 Å². The van der Waals surface area contributed by atoms with Crippen molar-refractivity contribution in [3.05, 3.63) is 29.8 Å². The number of hydrogen-bond donors (Lipinski definition) is 1. The molecule has 1 aromatic rings. The lowest BCUT2D eigenvalue weighted by Gasteiger charge is -2.04. The van der Waals surface area contributed by atoms with Crippen LogP contribution in [0.15, 0.2) is 24.3 Å². The summed E-state index contributed by atoms with van der Waals surface area (Å²) in [5, 5.41) is 2.86. The van der Waals surface area contributed by atoms with Gasteiger partial charge >= 0.3 is 5.97 Å². The molecule has 0 aliphatic rings. The van der Waals surface area contributed by atoms with Crippen LogP contribution < -0.4 is 5.32 Å². The number of benzene rings is 1. The molecule has 0 aromatic heterocycles. The van der Waals surface area contributed by atoms with Crippen molar-refractivity contribution < 1.29 is 14.3 Å². The number of rotatable bonds is 4. The first-order valence-electron chi connectivity index (χ1n) is 4.12. The van der Waals surface area contributed by atoms with Crippen LogP contribution in [0.25, 0.3) is 0 Å². The Kier molecular flexibility index (Phi) is 3.67. The van der Waals surface area contributed by atoms with Gasteiger partial charge < -0.3 is 10.1 Å². The normalized spacial score (nSPS) is 9.21. The van der Waals surface area contributed by atoms with Gasteiger partial charge in [0.2, 0.25) is 0 Å². The quantitative estimate of drug-likeness (QED) is 0.574. The zero-order valence-electron chi connectivity index (χ0n) is 7.82. The van der Waals surface area contributed by atoms with E-state index in [1.54, 1.807) is 24.3 Å². The van der Waals surface area contributed by atoms with E-state index in [1.165, 1.54) is 7.11 Å². The number of methoxy groups -OCH3 is 1. The lowest BCUT2D eigenvalue weighted by Crippen LogP contribution is -2.14. The maximum Gasteiger partial charge on any atom is 0.325 e. The summed E-state index contributed by atoms with van der Waals surface area (Å²) in [5.74, 6) is -0.329. The van der Waals surface area contributed by atoms with Crippen molar-refractivity contribution in [1.82, 2.24) is 0 Å². The fourth-order valence-corrected chi connectivity index (χ4v) is 0.926. The van der Waals surface area contributed by atoms with Crippen LogP contribution in [-0.2, 0) is 9.53 Å². The number of nitrogens with one attached hydrogen (secondary N) is 1. The van der Waals surface area contributed by atoms with Crippen LogP contribution in [0.5, 0.6) is 0 Å². The van der Waals surface area contributed by atoms with Gasteiger partial charge in [-0.05, 0) is 24.3 Å². The van der Waals surface area contributed by atoms with Crippen LogP contribution in [-0.4, -0.2) is 25.9 Å². The standard InChI is InChI=1S/C10H11NO3/c1-14-10(13)6-11-9-4-2-8(7-12)3-5-9/h2-5,7,11H,6H2,1H3. The van der Waals surface area contributed by atoms with Gasteiger partial charge in [0.15, 0.2) is 0 Å². The molecule has 1 rings (SSSR count). The molecule has 1 N–H and O–H groups in total. The molecule has 74 valence electrons. The Morgan fingerprint density at radius 1 is 1.43 bits per heavy atom. The van der Waals surface area contributed by atoms with Crippen molar-refractivity contribution >= 4 is 17.9 Å². The minimum atomic E-state index is -0.329. The largest absolute Gasteiger partial charge is 0.468 e. The van der Waals surface area contributed by atoms with E-state index in [9.17, 15) is 9.59 Å². The van der Waals surface area contributed by atoms with E-state index in [4.69, 9.17) is 0 Å². The Balaban J connectivity index is 2.51. The summed E-state index contributed by atoms with van der Waals surface area (Å²) in [6, 6.07) is 6.80. The van der Waals surface area contributed by atoms with Crippen LogP contribution in [0.4, 0.5) is 5.69 Å². The third kappa shape index (κ3) is 2.90. The zero-order chi connectivity index (χ0) is 10.4. The van der Waals surface area contributed by atoms with Gasteiger partial charge in [0.1, 0.15) is 12.8 Å². The molecule has 0 amide bonds. The van der Waals surface area contributed by atoms with Crippen molar-refractivity contribution in [2.24, 2.45) is 0 Å². The summed E-state index contributed by atoms with van der Waals surface area (Å²) in [6.07, 6.45) is 0.768. The molecule has 0 unspecified atom stereocenters. The lowest BCUT2D eigenvalue weighted by atomic mass is 10.2. The molecule has 0 saturated carbocycles. The summed E-state index contributed by atoms with van der Waals surface area (Å²) in [5.41, 5.74) is 1.38. The van der Waals surface area contributed by atoms with Crippen LogP contribution in [0.3, 0.4) is 0 Å². The van der Waals surface area contributed by atoms with E-state index in [-0.39, 0.29) is 12.5 Å². The van der Waals surface area contributed by atoms with E-state index in [0.717, 1.165) is 12.0 Å². The number of esters is 1. The van der Waals surface area contributed by atoms with E-state index in [0.29, 0.717) is 5.56 Å². The van der Waals surface area contributed by atoms with Gasteiger partial charge in [-0.1, -0.05) is 0 Å². The van der Waals surface area contributed by atoms with Crippen LogP contribution in [0, 0.1) is 0 Å². The molecule has 0 aliphatic carbocycles. The highest BCUT2D eigenvalue weighted by molar-refractivity contribution is 5.77. The minimum Gasteiger partial charge on any atom is -0.468 e. The predicted molar refractivity (Wildman–Crippen MR) is 52.3 cm³/mol. The van der Waals surface area contributed by atoms with E-state index in [2.05, 4.69) is 10.1 Å². The first-order valence-corrected chi connectivity index (χ1v) is 4.12. The SMILES string of the molecule is COC(=O)CNc1ccc(C=O)cc1. The van der Waals surface area contributed by atoms with E-state index in [1.807, 2.05) is 0 Å². The molecule has 0 bridgehead atoms. The first-order chi connectivity index (χ1) is 6.76. The monoisotopic (exact) mass is 193 g/mol. The molecule has 0 heterocycles. The smallest absolute Gasteiger partial charge is 0.325 e. The van der Waals surface area contributed by atoms with Crippen molar-refractivity contribution in [2.45, 2.75) is 0 Å². The van der Waals surface area contributed by atoms with Crippen molar-refractivity contribution in [3.63, 3.8) is 0 Å². The zero-order valence-corrected chi connectivity index (χ0v) is 7.82. The number of aldehydes is 1. The maximum absolute atomic E-state index is 10.8. The maximum atomic E-state index is 10.8. The molecule has 0 fully saturated rings. The summed E-state index contributed by atoms with van der Waals surface area (Å²) in [7, 11) is 1.33. The molecule has 0 saturated heterocycles. The Bertz CT molecular complexity index is 319. The summed E-state index contributed by atoms with van der Waals surface area (Å²) in [4.78, 5) is 21.1. The van der Waals surface area contributed by atoms with E-state index >= 15 is 0 Å². The Labute approximate surface area is 81.9 Å². The summed E-state index contributed by atoms with van der Waals surface area (Å²) >= 11 is 0. The molecule has 14 heavy (non-hydrogen) atoms. The molecular formula is C10H11NO3. The molecular weight excluding hydrogens is 182 g/mol. The van der Waals surface area contributed by atoms with Crippen molar-refractivity contribution in [2.75, 3.05) is 19.0 Å². The molecule has 4 nitrogen and oxygen atoms in total. The lowest BCUT2D eigenvalue weighted by molar-refractivity contribution is -0.138. The van der Waals surface area contributed by atoms with Gasteiger partial charge in [0.05, 0.1) is 7.11 Å². The highest BCUT2D eigenvalue weighted by atomic mass is 16.5. The second kappa shape index (κ2) is 5.01. The van der Waals surface area contributed by atoms with Gasteiger partial charge in [0, 0.05) is 11.3 Å². The highest BCUT2D eigenvalue weighted by Crippen LogP contribution is 2.07. The van der Waals surface area contributed by atoms with Gasteiger partial charge in [0.25, 0.3) is 0 Å². The van der Waals surface area contributed by atoms with Crippen molar-refractivity contribution in [3.8, 4) is 0 Å². The average molecular weight is 193 g/mol. The molecule has 0 atom stereocenters. The average Bonchev–Trinajstić information content (AvgIpc) is 2.26. The van der Waals surface area contributed by atoms with E-state index < -0.39 is 0 Å². The van der Waals surface area contributed by atoms with Crippen molar-refractivity contribution in [1.29, 1.82) is 0 Å². The number of ether oxygens (including phenoxy) is 1. The number of anilines is 1. The van der Waals surface area contributed by atoms with Crippen LogP contribution >= 0.6 is 0 Å². The molecule has 0 aliphatic heterocycles. The van der Waals surface area contributed by atoms with Gasteiger partial charge in [-0.3, -0.25) is 9.59 Å². The topological polar surface area (TPSA) is 55.4 Å². The highest BCUT2D eigenvalue weighted by Gasteiger charge is 1.98. The minimum absolute atomic E-state index is 0.122. The number of carbonyl (C=O) groups excluding carboxylic acids is 2. The van der Waals surface area contributed by atoms with Crippen LogP contribution in [0.2, 0.25) is 0 Å². The molecule has 0 spiro atoms. The van der Waals surface area contributed by atoms with Gasteiger partial charge in [-0.15, -0.1) is 0 Å². The Morgan fingerprint density at radius 2 is 2.07 bits per heavy atom. The third-order valence-corrected chi connectivity index (χ3v) is 1.71. The fraction of sp³-hybridized carbons (Fsp3) is 0.200. The number of carbonyl (C=O) groups is 2. The molecule has 0 radical (unpaired) electrons. The molecule has 4 heteroatoms. The second-order valence-electron chi connectivity index (χ2n) is 2.67. The van der Waals surface area contributed by atoms with Gasteiger partial charge in [-0.2, -0.15) is 0 Å². The summed E-state index contributed by atoms with van der Waals surface area (Å²) in [6.45, 7) is 0.122. The number of hydrogen-bond acceptors (Lipinski definition) is 4. The Morgan fingerprint density at radius 3 is 2.57 bits per heavy atom. The second-order valence-corrected chi connectivity index (χ2v) is 2.67. The Hall–Kier alpha value is -1.84.